The van der Waals surface area contributed by atoms with Gasteiger partial charge in [-0.15, -0.1) is 59.5 Å². The molecule has 1 heterocycles. The summed E-state index contributed by atoms with van der Waals surface area (Å²) in [4.78, 5) is 49.7. The fourth-order valence-electron chi connectivity index (χ4n) is 7.66. The average molecular weight is 1010 g/mol. The van der Waals surface area contributed by atoms with Crippen LogP contribution < -0.4 is 5.32 Å². The molecule has 360 valence electrons. The normalized spacial score (nSPS) is 12.8. The highest BCUT2D eigenvalue weighted by Gasteiger charge is 2.38. The topological polar surface area (TPSA) is 114 Å². The number of halogens is 1. The zero-order chi connectivity index (χ0) is 47.1. The summed E-state index contributed by atoms with van der Waals surface area (Å²) in [5, 5.41) is 15.2. The van der Waals surface area contributed by atoms with E-state index in [9.17, 15) is 19.7 Å². The Kier molecular flexibility index (Phi) is 24.0. The van der Waals surface area contributed by atoms with Gasteiger partial charge in [0.15, 0.2) is 0 Å². The Bertz CT molecular complexity index is 2150. The maximum Gasteiger partial charge on any atom is 0.336 e. The van der Waals surface area contributed by atoms with Crippen molar-refractivity contribution < 1.29 is 24.0 Å². The van der Waals surface area contributed by atoms with E-state index < -0.39 is 22.8 Å². The van der Waals surface area contributed by atoms with Gasteiger partial charge in [0, 0.05) is 105 Å². The molecule has 0 bridgehead atoms. The fraction of sp³-hybridized carbons (Fsp3) is 0.321. The van der Waals surface area contributed by atoms with Crippen molar-refractivity contribution in [3.05, 3.63) is 184 Å². The predicted molar refractivity (Wildman–Crippen MR) is 284 cm³/mol. The Morgan fingerprint density at radius 3 is 1.24 bits per heavy atom. The predicted octanol–water partition coefficient (Wildman–Crippen LogP) is 11.9. The third-order valence-electron chi connectivity index (χ3n) is 11.0. The molecular formula is C53H61ClN4O6S4. The van der Waals surface area contributed by atoms with E-state index in [1.807, 2.05) is 71.3 Å². The minimum atomic E-state index is -0.941. The van der Waals surface area contributed by atoms with Crippen LogP contribution in [-0.2, 0) is 19.1 Å². The number of nitro benzene ring substituents is 1. The molecule has 1 aliphatic rings. The van der Waals surface area contributed by atoms with Gasteiger partial charge < -0.3 is 24.6 Å². The van der Waals surface area contributed by atoms with Crippen molar-refractivity contribution >= 4 is 77.1 Å². The summed E-state index contributed by atoms with van der Waals surface area (Å²) in [7, 11) is 0. The van der Waals surface area contributed by atoms with Crippen molar-refractivity contribution in [2.45, 2.75) is 52.2 Å². The molecule has 0 amide bonds. The number of allylic oxidation sites excluding steroid dienone is 2. The van der Waals surface area contributed by atoms with E-state index in [4.69, 9.17) is 9.47 Å². The number of carbonyl (C=O) groups excluding carboxylic acids is 2. The van der Waals surface area contributed by atoms with Crippen LogP contribution in [0.2, 0.25) is 0 Å². The zero-order valence-corrected chi connectivity index (χ0v) is 42.7. The van der Waals surface area contributed by atoms with Crippen LogP contribution in [0.25, 0.3) is 0 Å². The van der Waals surface area contributed by atoms with E-state index in [2.05, 4.69) is 112 Å². The Morgan fingerprint density at radius 2 is 0.897 bits per heavy atom. The lowest BCUT2D eigenvalue weighted by Gasteiger charge is -2.30. The second kappa shape index (κ2) is 30.0. The van der Waals surface area contributed by atoms with Crippen LogP contribution in [-0.4, -0.2) is 102 Å². The van der Waals surface area contributed by atoms with Gasteiger partial charge in [-0.25, -0.2) is 9.59 Å². The van der Waals surface area contributed by atoms with Gasteiger partial charge in [-0.2, -0.15) is 0 Å². The molecule has 5 aromatic rings. The summed E-state index contributed by atoms with van der Waals surface area (Å²) in [6, 6.07) is 47.6. The first-order valence-corrected chi connectivity index (χ1v) is 26.6. The third kappa shape index (κ3) is 18.0. The van der Waals surface area contributed by atoms with Gasteiger partial charge in [0.2, 0.25) is 0 Å². The van der Waals surface area contributed by atoms with Crippen molar-refractivity contribution in [1.29, 1.82) is 0 Å². The maximum absolute atomic E-state index is 14.2. The summed E-state index contributed by atoms with van der Waals surface area (Å²) < 4.78 is 12.0. The van der Waals surface area contributed by atoms with E-state index in [0.717, 1.165) is 62.3 Å². The van der Waals surface area contributed by atoms with Gasteiger partial charge in [0.05, 0.1) is 35.2 Å². The highest BCUT2D eigenvalue weighted by molar-refractivity contribution is 8.00. The van der Waals surface area contributed by atoms with Crippen molar-refractivity contribution in [2.75, 3.05) is 75.5 Å². The summed E-state index contributed by atoms with van der Waals surface area (Å²) in [6.45, 7) is 8.83. The van der Waals surface area contributed by atoms with Crippen LogP contribution >= 0.6 is 59.5 Å². The van der Waals surface area contributed by atoms with E-state index in [0.29, 0.717) is 29.8 Å². The number of esters is 2. The van der Waals surface area contributed by atoms with Crippen molar-refractivity contribution in [3.63, 3.8) is 0 Å². The first-order chi connectivity index (χ1) is 32.7. The SMILES string of the molecule is CC1=C(C(=O)OCCCN(CCSc2ccccc2)CCSc2ccccc2)C(c2cccc([N+](=O)[O-])c2)C(C(=O)OCCCN(CCSc2ccccc2)CCSc2ccccc2)=C(C)N1.Cl. The largest absolute Gasteiger partial charge is 0.462 e. The number of nitrogens with zero attached hydrogens (tertiary/aromatic N) is 3. The van der Waals surface area contributed by atoms with Crippen molar-refractivity contribution in [1.82, 2.24) is 15.1 Å². The second-order valence-corrected chi connectivity index (χ2v) is 20.5. The van der Waals surface area contributed by atoms with Crippen LogP contribution in [0, 0.1) is 10.1 Å². The lowest BCUT2D eigenvalue weighted by Crippen LogP contribution is -2.34. The zero-order valence-electron chi connectivity index (χ0n) is 38.7. The molecule has 5 aromatic carbocycles. The standard InChI is InChI=1S/C53H60N4O6S4.ClH/c1-41-49(52(58)62-34-16-28-55(30-36-64-45-20-7-3-8-21-45)31-37-65-46-22-9-4-10-23-46)51(43-18-15-19-44(40-43)57(60)61)50(42(2)54-41)53(59)63-35-17-29-56(32-38-66-47-24-11-5-12-25-47)33-39-67-48-26-13-6-14-27-48;/h3-15,18-27,40,51,54H,16-17,28-39H2,1-2H3;1H. The van der Waals surface area contributed by atoms with Crippen LogP contribution in [0.3, 0.4) is 0 Å². The fourth-order valence-corrected chi connectivity index (χ4v) is 11.4. The van der Waals surface area contributed by atoms with Gasteiger partial charge in [0.1, 0.15) is 0 Å². The lowest BCUT2D eigenvalue weighted by molar-refractivity contribution is -0.384. The monoisotopic (exact) mass is 1010 g/mol. The molecule has 0 radical (unpaired) electrons. The third-order valence-corrected chi connectivity index (χ3v) is 15.0. The summed E-state index contributed by atoms with van der Waals surface area (Å²) >= 11 is 7.29. The molecule has 0 aliphatic carbocycles. The minimum Gasteiger partial charge on any atom is -0.462 e. The number of dihydropyridines is 1. The molecule has 0 atom stereocenters. The first kappa shape index (κ1) is 54.3. The number of nitro groups is 1. The van der Waals surface area contributed by atoms with Crippen molar-refractivity contribution in [2.24, 2.45) is 0 Å². The van der Waals surface area contributed by atoms with Gasteiger partial charge in [-0.05, 0) is 80.8 Å². The number of carbonyl (C=O) groups is 2. The van der Waals surface area contributed by atoms with E-state index in [1.54, 1.807) is 26.0 Å². The Morgan fingerprint density at radius 1 is 0.544 bits per heavy atom. The van der Waals surface area contributed by atoms with Crippen molar-refractivity contribution in [3.8, 4) is 0 Å². The van der Waals surface area contributed by atoms with E-state index in [-0.39, 0.29) is 42.5 Å². The first-order valence-electron chi connectivity index (χ1n) is 22.7. The van der Waals surface area contributed by atoms with Gasteiger partial charge in [-0.1, -0.05) is 84.9 Å². The maximum atomic E-state index is 14.2. The number of rotatable bonds is 28. The van der Waals surface area contributed by atoms with Crippen LogP contribution in [0.15, 0.2) is 188 Å². The highest BCUT2D eigenvalue weighted by Crippen LogP contribution is 2.40. The average Bonchev–Trinajstić information content (AvgIpc) is 3.34. The van der Waals surface area contributed by atoms with E-state index in [1.165, 1.54) is 31.7 Å². The van der Waals surface area contributed by atoms with E-state index >= 15 is 0 Å². The number of non-ortho nitro benzene ring substituents is 1. The molecule has 10 nitrogen and oxygen atoms in total. The number of benzene rings is 5. The number of hydrogen-bond donors (Lipinski definition) is 1. The number of ether oxygens (including phenoxy) is 2. The lowest BCUT2D eigenvalue weighted by atomic mass is 9.80. The minimum absolute atomic E-state index is 0. The Balaban J connectivity index is 0.00000864. The summed E-state index contributed by atoms with van der Waals surface area (Å²) in [6.07, 6.45) is 1.21. The molecular weight excluding hydrogens is 952 g/mol. The van der Waals surface area contributed by atoms with Gasteiger partial charge in [0.25, 0.3) is 5.69 Å². The molecule has 6 rings (SSSR count). The number of nitrogens with one attached hydrogen (secondary N) is 1. The number of hydrogen-bond acceptors (Lipinski definition) is 13. The Hall–Kier alpha value is -4.67. The molecule has 1 aliphatic heterocycles. The quantitative estimate of drug-likeness (QED) is 0.0169. The summed E-state index contributed by atoms with van der Waals surface area (Å²) in [5.41, 5.74) is 1.79. The molecule has 0 unspecified atom stereocenters. The number of thioether (sulfide) groups is 4. The molecule has 0 saturated heterocycles. The molecule has 1 N–H and O–H groups in total. The molecule has 15 heteroatoms. The molecule has 0 saturated carbocycles. The molecule has 0 aromatic heterocycles. The Labute approximate surface area is 425 Å². The summed E-state index contributed by atoms with van der Waals surface area (Å²) in [5.74, 6) is 1.59. The van der Waals surface area contributed by atoms with Crippen LogP contribution in [0.1, 0.15) is 38.2 Å². The van der Waals surface area contributed by atoms with Gasteiger partial charge >= 0.3 is 11.9 Å². The van der Waals surface area contributed by atoms with Crippen LogP contribution in [0.4, 0.5) is 5.69 Å². The second-order valence-electron chi connectivity index (χ2n) is 15.8. The molecule has 68 heavy (non-hydrogen) atoms. The smallest absolute Gasteiger partial charge is 0.336 e. The molecule has 0 fully saturated rings. The molecule has 0 spiro atoms. The van der Waals surface area contributed by atoms with Gasteiger partial charge in [-0.3, -0.25) is 10.1 Å². The van der Waals surface area contributed by atoms with Crippen LogP contribution in [0.5, 0.6) is 0 Å². The highest BCUT2D eigenvalue weighted by atomic mass is 35.5.